The Kier molecular flexibility index (Phi) is 5.40. The molecule has 2 N–H and O–H groups in total. The molecule has 21 heavy (non-hydrogen) atoms. The first-order valence-corrected chi connectivity index (χ1v) is 7.83. The third kappa shape index (κ3) is 4.33. The van der Waals surface area contributed by atoms with Gasteiger partial charge in [-0.1, -0.05) is 28.8 Å². The molecule has 1 amide bonds. The van der Waals surface area contributed by atoms with Crippen LogP contribution < -0.4 is 10.6 Å². The molecule has 5 heteroatoms. The number of nitriles is 1. The molecule has 0 heterocycles. The van der Waals surface area contributed by atoms with Gasteiger partial charge in [0, 0.05) is 22.4 Å². The average molecular weight is 348 g/mol. The summed E-state index contributed by atoms with van der Waals surface area (Å²) >= 11 is 3.40. The smallest absolute Gasteiger partial charge is 0.263 e. The lowest BCUT2D eigenvalue weighted by Crippen LogP contribution is -2.33. The highest BCUT2D eigenvalue weighted by Crippen LogP contribution is 2.20. The fraction of sp³-hybridized carbons (Fsp3) is 0.375. The van der Waals surface area contributed by atoms with Crippen LogP contribution in [-0.2, 0) is 4.79 Å². The SMILES string of the molecule is Cc1cc(Br)ccc1N/C=C(/C#N)C(=O)NC1CCCC1. The van der Waals surface area contributed by atoms with Gasteiger partial charge in [0.05, 0.1) is 0 Å². The fourth-order valence-electron chi connectivity index (χ4n) is 2.42. The quantitative estimate of drug-likeness (QED) is 0.645. The molecule has 1 saturated carbocycles. The van der Waals surface area contributed by atoms with Gasteiger partial charge in [-0.3, -0.25) is 4.79 Å². The van der Waals surface area contributed by atoms with E-state index in [0.29, 0.717) is 0 Å². The molecular weight excluding hydrogens is 330 g/mol. The highest BCUT2D eigenvalue weighted by atomic mass is 79.9. The monoisotopic (exact) mass is 347 g/mol. The number of carbonyl (C=O) groups excluding carboxylic acids is 1. The summed E-state index contributed by atoms with van der Waals surface area (Å²) in [6.07, 6.45) is 5.77. The standard InChI is InChI=1S/C16H18BrN3O/c1-11-8-13(17)6-7-15(11)19-10-12(9-18)16(21)20-14-4-2-3-5-14/h6-8,10,14,19H,2-5H2,1H3,(H,20,21)/b12-10-. The summed E-state index contributed by atoms with van der Waals surface area (Å²) in [6, 6.07) is 7.95. The average Bonchev–Trinajstić information content (AvgIpc) is 2.94. The van der Waals surface area contributed by atoms with E-state index >= 15 is 0 Å². The van der Waals surface area contributed by atoms with Gasteiger partial charge in [0.15, 0.2) is 0 Å². The van der Waals surface area contributed by atoms with Gasteiger partial charge in [-0.25, -0.2) is 0 Å². The van der Waals surface area contributed by atoms with Crippen molar-refractivity contribution >= 4 is 27.5 Å². The van der Waals surface area contributed by atoms with E-state index in [0.717, 1.165) is 41.4 Å². The second kappa shape index (κ2) is 7.28. The maximum atomic E-state index is 12.0. The Morgan fingerprint density at radius 1 is 1.43 bits per heavy atom. The van der Waals surface area contributed by atoms with Crippen LogP contribution in [0.15, 0.2) is 34.4 Å². The zero-order valence-corrected chi connectivity index (χ0v) is 13.5. The minimum Gasteiger partial charge on any atom is -0.360 e. The van der Waals surface area contributed by atoms with Gasteiger partial charge in [0.1, 0.15) is 11.6 Å². The summed E-state index contributed by atoms with van der Waals surface area (Å²) in [5.74, 6) is -0.299. The van der Waals surface area contributed by atoms with Crippen LogP contribution in [0.2, 0.25) is 0 Å². The van der Waals surface area contributed by atoms with Crippen LogP contribution in [0.4, 0.5) is 5.69 Å². The molecule has 0 bridgehead atoms. The lowest BCUT2D eigenvalue weighted by molar-refractivity contribution is -0.117. The van der Waals surface area contributed by atoms with E-state index in [1.54, 1.807) is 0 Å². The maximum absolute atomic E-state index is 12.0. The third-order valence-electron chi connectivity index (χ3n) is 3.62. The van der Waals surface area contributed by atoms with Crippen LogP contribution in [-0.4, -0.2) is 11.9 Å². The summed E-state index contributed by atoms with van der Waals surface area (Å²) in [5.41, 5.74) is 2.01. The molecule has 0 atom stereocenters. The van der Waals surface area contributed by atoms with E-state index in [-0.39, 0.29) is 17.5 Å². The molecule has 0 radical (unpaired) electrons. The molecule has 0 aliphatic heterocycles. The summed E-state index contributed by atoms with van der Waals surface area (Å²) in [6.45, 7) is 1.96. The topological polar surface area (TPSA) is 64.9 Å². The predicted octanol–water partition coefficient (Wildman–Crippen LogP) is 3.64. The molecule has 110 valence electrons. The minimum atomic E-state index is -0.299. The normalized spacial score (nSPS) is 15.6. The number of amides is 1. The van der Waals surface area contributed by atoms with Crippen molar-refractivity contribution in [2.75, 3.05) is 5.32 Å². The van der Waals surface area contributed by atoms with E-state index in [1.165, 1.54) is 6.20 Å². The van der Waals surface area contributed by atoms with Gasteiger partial charge in [-0.05, 0) is 43.5 Å². The molecule has 1 aliphatic carbocycles. The lowest BCUT2D eigenvalue weighted by atomic mass is 10.2. The molecule has 0 unspecified atom stereocenters. The van der Waals surface area contributed by atoms with Gasteiger partial charge in [-0.2, -0.15) is 5.26 Å². The molecule has 1 aromatic carbocycles. The molecule has 1 aromatic rings. The zero-order valence-electron chi connectivity index (χ0n) is 11.9. The highest BCUT2D eigenvalue weighted by Gasteiger charge is 2.19. The molecule has 0 spiro atoms. The Morgan fingerprint density at radius 2 is 2.14 bits per heavy atom. The van der Waals surface area contributed by atoms with Crippen LogP contribution in [0.5, 0.6) is 0 Å². The van der Waals surface area contributed by atoms with Gasteiger partial charge in [0.25, 0.3) is 5.91 Å². The van der Waals surface area contributed by atoms with Crippen molar-refractivity contribution < 1.29 is 4.79 Å². The summed E-state index contributed by atoms with van der Waals surface area (Å²) in [4.78, 5) is 12.0. The number of nitrogens with one attached hydrogen (secondary N) is 2. The van der Waals surface area contributed by atoms with Gasteiger partial charge in [-0.15, -0.1) is 0 Å². The number of carbonyl (C=O) groups is 1. The van der Waals surface area contributed by atoms with Gasteiger partial charge >= 0.3 is 0 Å². The lowest BCUT2D eigenvalue weighted by Gasteiger charge is -2.11. The fourth-order valence-corrected chi connectivity index (χ4v) is 2.90. The maximum Gasteiger partial charge on any atom is 0.263 e. The number of hydrogen-bond acceptors (Lipinski definition) is 3. The van der Waals surface area contributed by atoms with Crippen molar-refractivity contribution in [1.82, 2.24) is 5.32 Å². The second-order valence-corrected chi connectivity index (χ2v) is 6.14. The van der Waals surface area contributed by atoms with Crippen LogP contribution in [0.3, 0.4) is 0 Å². The van der Waals surface area contributed by atoms with E-state index in [2.05, 4.69) is 26.6 Å². The molecule has 2 rings (SSSR count). The number of halogens is 1. The van der Waals surface area contributed by atoms with Crippen LogP contribution in [0, 0.1) is 18.3 Å². The zero-order chi connectivity index (χ0) is 15.2. The van der Waals surface area contributed by atoms with Crippen molar-refractivity contribution in [3.05, 3.63) is 40.0 Å². The molecule has 0 saturated heterocycles. The summed E-state index contributed by atoms with van der Waals surface area (Å²) in [5, 5.41) is 15.1. The number of anilines is 1. The number of aryl methyl sites for hydroxylation is 1. The Balaban J connectivity index is 2.02. The second-order valence-electron chi connectivity index (χ2n) is 5.23. The molecule has 4 nitrogen and oxygen atoms in total. The summed E-state index contributed by atoms with van der Waals surface area (Å²) in [7, 11) is 0. The first kappa shape index (κ1) is 15.6. The Morgan fingerprint density at radius 3 is 2.76 bits per heavy atom. The van der Waals surface area contributed by atoms with Gasteiger partial charge < -0.3 is 10.6 Å². The first-order chi connectivity index (χ1) is 10.1. The number of rotatable bonds is 4. The Hall–Kier alpha value is -1.80. The molecule has 1 fully saturated rings. The first-order valence-electron chi connectivity index (χ1n) is 7.04. The van der Waals surface area contributed by atoms with E-state index in [1.807, 2.05) is 31.2 Å². The third-order valence-corrected chi connectivity index (χ3v) is 4.11. The van der Waals surface area contributed by atoms with Crippen molar-refractivity contribution in [2.45, 2.75) is 38.6 Å². The highest BCUT2D eigenvalue weighted by molar-refractivity contribution is 9.10. The van der Waals surface area contributed by atoms with E-state index < -0.39 is 0 Å². The van der Waals surface area contributed by atoms with Crippen LogP contribution in [0.25, 0.3) is 0 Å². The van der Waals surface area contributed by atoms with Gasteiger partial charge in [0.2, 0.25) is 0 Å². The number of nitrogens with zero attached hydrogens (tertiary/aromatic N) is 1. The molecular formula is C16H18BrN3O. The molecule has 1 aliphatic rings. The Labute approximate surface area is 133 Å². The van der Waals surface area contributed by atoms with Crippen molar-refractivity contribution in [2.24, 2.45) is 0 Å². The minimum absolute atomic E-state index is 0.101. The van der Waals surface area contributed by atoms with Crippen LogP contribution >= 0.6 is 15.9 Å². The largest absolute Gasteiger partial charge is 0.360 e. The van der Waals surface area contributed by atoms with E-state index in [4.69, 9.17) is 5.26 Å². The van der Waals surface area contributed by atoms with Crippen molar-refractivity contribution in [3.8, 4) is 6.07 Å². The summed E-state index contributed by atoms with van der Waals surface area (Å²) < 4.78 is 0.994. The number of hydrogen-bond donors (Lipinski definition) is 2. The van der Waals surface area contributed by atoms with Crippen LogP contribution in [0.1, 0.15) is 31.2 Å². The van der Waals surface area contributed by atoms with Crippen molar-refractivity contribution in [3.63, 3.8) is 0 Å². The molecule has 0 aromatic heterocycles. The van der Waals surface area contributed by atoms with E-state index in [9.17, 15) is 4.79 Å². The Bertz CT molecular complexity index is 598. The van der Waals surface area contributed by atoms with Crippen molar-refractivity contribution in [1.29, 1.82) is 5.26 Å². The predicted molar refractivity (Wildman–Crippen MR) is 86.6 cm³/mol. The number of benzene rings is 1.